The zero-order chi connectivity index (χ0) is 15.2. The van der Waals surface area contributed by atoms with E-state index in [2.05, 4.69) is 20.7 Å². The van der Waals surface area contributed by atoms with E-state index in [4.69, 9.17) is 5.84 Å². The number of hydrazine groups is 1. The molecule has 1 heterocycles. The van der Waals surface area contributed by atoms with Crippen molar-refractivity contribution in [3.63, 3.8) is 0 Å². The summed E-state index contributed by atoms with van der Waals surface area (Å²) >= 11 is 0. The molecule has 1 rings (SSSR count). The molecule has 8 nitrogen and oxygen atoms in total. The van der Waals surface area contributed by atoms with Crippen LogP contribution in [0.4, 0.5) is 11.6 Å². The lowest BCUT2D eigenvalue weighted by Gasteiger charge is -2.30. The van der Waals surface area contributed by atoms with E-state index in [0.717, 1.165) is 6.42 Å². The first-order chi connectivity index (χ1) is 9.55. The predicted octanol–water partition coefficient (Wildman–Crippen LogP) is -0.849. The van der Waals surface area contributed by atoms with E-state index in [9.17, 15) is 15.3 Å². The molecule has 0 atom stereocenters. The molecule has 20 heavy (non-hydrogen) atoms. The second-order valence-corrected chi connectivity index (χ2v) is 4.74. The van der Waals surface area contributed by atoms with Crippen LogP contribution >= 0.6 is 0 Å². The molecule has 0 aliphatic rings. The van der Waals surface area contributed by atoms with Crippen LogP contribution in [0.15, 0.2) is 0 Å². The van der Waals surface area contributed by atoms with Gasteiger partial charge in [0.15, 0.2) is 0 Å². The van der Waals surface area contributed by atoms with E-state index < -0.39 is 25.4 Å². The molecule has 0 radical (unpaired) electrons. The Morgan fingerprint density at radius 2 is 1.65 bits per heavy atom. The number of nitrogens with one attached hydrogen (secondary N) is 2. The number of hydrogen-bond donors (Lipinski definition) is 6. The molecule has 0 saturated carbocycles. The molecular weight excluding hydrogens is 262 g/mol. The summed E-state index contributed by atoms with van der Waals surface area (Å²) in [5.41, 5.74) is 1.90. The average molecular weight is 285 g/mol. The Morgan fingerprint density at radius 3 is 2.10 bits per heavy atom. The van der Waals surface area contributed by atoms with Gasteiger partial charge in [0.1, 0.15) is 23.0 Å². The maximum absolute atomic E-state index is 9.36. The molecule has 8 heteroatoms. The normalized spacial score (nSPS) is 11.5. The van der Waals surface area contributed by atoms with Crippen molar-refractivity contribution in [2.75, 3.05) is 30.6 Å². The van der Waals surface area contributed by atoms with Gasteiger partial charge in [-0.3, -0.25) is 0 Å². The predicted molar refractivity (Wildman–Crippen MR) is 76.2 cm³/mol. The second kappa shape index (κ2) is 7.34. The van der Waals surface area contributed by atoms with E-state index >= 15 is 0 Å². The number of aryl methyl sites for hydroxylation is 1. The van der Waals surface area contributed by atoms with Gasteiger partial charge in [-0.15, -0.1) is 0 Å². The number of aromatic nitrogens is 2. The van der Waals surface area contributed by atoms with Crippen molar-refractivity contribution in [3.05, 3.63) is 11.4 Å². The van der Waals surface area contributed by atoms with E-state index in [1.165, 1.54) is 0 Å². The van der Waals surface area contributed by atoms with Crippen molar-refractivity contribution in [1.29, 1.82) is 0 Å². The van der Waals surface area contributed by atoms with Crippen molar-refractivity contribution in [2.24, 2.45) is 5.84 Å². The minimum atomic E-state index is -1.24. The second-order valence-electron chi connectivity index (χ2n) is 4.74. The zero-order valence-electron chi connectivity index (χ0n) is 11.8. The van der Waals surface area contributed by atoms with Gasteiger partial charge in [-0.05, 0) is 13.3 Å². The Morgan fingerprint density at radius 1 is 1.10 bits per heavy atom. The summed E-state index contributed by atoms with van der Waals surface area (Å²) in [6.45, 7) is 2.46. The average Bonchev–Trinajstić information content (AvgIpc) is 2.48. The Bertz CT molecular complexity index is 429. The summed E-state index contributed by atoms with van der Waals surface area (Å²) in [5.74, 6) is 6.91. The quantitative estimate of drug-likeness (QED) is 0.268. The first-order valence-electron chi connectivity index (χ1n) is 6.50. The number of aliphatic hydroxyl groups excluding tert-OH is 3. The van der Waals surface area contributed by atoms with E-state index in [0.29, 0.717) is 29.4 Å². The number of hydrogen-bond acceptors (Lipinski definition) is 8. The summed E-state index contributed by atoms with van der Waals surface area (Å²) in [6, 6.07) is 0. The minimum Gasteiger partial charge on any atom is -0.394 e. The van der Waals surface area contributed by atoms with E-state index in [1.54, 1.807) is 6.92 Å². The summed E-state index contributed by atoms with van der Waals surface area (Å²) in [7, 11) is 0. The molecule has 0 amide bonds. The smallest absolute Gasteiger partial charge is 0.148 e. The van der Waals surface area contributed by atoms with E-state index in [1.807, 2.05) is 6.92 Å². The fourth-order valence-electron chi connectivity index (χ4n) is 1.68. The maximum Gasteiger partial charge on any atom is 0.148 e. The summed E-state index contributed by atoms with van der Waals surface area (Å²) in [4.78, 5) is 8.62. The molecule has 114 valence electrons. The Kier molecular flexibility index (Phi) is 6.08. The largest absolute Gasteiger partial charge is 0.394 e. The third kappa shape index (κ3) is 3.54. The summed E-state index contributed by atoms with van der Waals surface area (Å²) in [5, 5.41) is 31.0. The van der Waals surface area contributed by atoms with Crippen molar-refractivity contribution >= 4 is 11.6 Å². The highest BCUT2D eigenvalue weighted by molar-refractivity contribution is 5.57. The number of aliphatic hydroxyl groups is 3. The van der Waals surface area contributed by atoms with Gasteiger partial charge in [0.25, 0.3) is 0 Å². The van der Waals surface area contributed by atoms with Crippen LogP contribution in [0, 0.1) is 6.92 Å². The lowest BCUT2D eigenvalue weighted by molar-refractivity contribution is 0.0830. The van der Waals surface area contributed by atoms with Gasteiger partial charge in [-0.25, -0.2) is 15.8 Å². The van der Waals surface area contributed by atoms with Crippen LogP contribution in [0.1, 0.15) is 24.7 Å². The number of rotatable bonds is 8. The van der Waals surface area contributed by atoms with Crippen molar-refractivity contribution in [3.8, 4) is 0 Å². The number of anilines is 2. The van der Waals surface area contributed by atoms with Gasteiger partial charge in [-0.2, -0.15) is 0 Å². The SMILES string of the molecule is CCCc1nc(NN)c(C)c(NC(CO)(CO)CO)n1. The van der Waals surface area contributed by atoms with Crippen molar-refractivity contribution in [1.82, 2.24) is 9.97 Å². The molecular formula is C12H23N5O3. The standard InChI is InChI=1S/C12H23N5O3/c1-3-4-9-14-10(8(2)11(15-9)17-13)16-12(5-18,6-19)7-20/h18-20H,3-7,13H2,1-2H3,(H2,14,15,16,17). The van der Waals surface area contributed by atoms with Gasteiger partial charge in [0.05, 0.1) is 19.8 Å². The van der Waals surface area contributed by atoms with E-state index in [-0.39, 0.29) is 0 Å². The van der Waals surface area contributed by atoms with Crippen molar-refractivity contribution < 1.29 is 15.3 Å². The monoisotopic (exact) mass is 285 g/mol. The van der Waals surface area contributed by atoms with Crippen LogP contribution in [0.5, 0.6) is 0 Å². The number of nitrogens with two attached hydrogens (primary N) is 1. The maximum atomic E-state index is 9.36. The van der Waals surface area contributed by atoms with Gasteiger partial charge >= 0.3 is 0 Å². The molecule has 0 unspecified atom stereocenters. The molecule has 0 saturated heterocycles. The molecule has 1 aromatic rings. The highest BCUT2D eigenvalue weighted by Crippen LogP contribution is 2.23. The van der Waals surface area contributed by atoms with Gasteiger partial charge in [0, 0.05) is 12.0 Å². The lowest BCUT2D eigenvalue weighted by atomic mass is 10.0. The molecule has 0 fully saturated rings. The Hall–Kier alpha value is -1.48. The van der Waals surface area contributed by atoms with Crippen LogP contribution in [0.3, 0.4) is 0 Å². The van der Waals surface area contributed by atoms with Gasteiger partial charge < -0.3 is 26.1 Å². The lowest BCUT2D eigenvalue weighted by Crippen LogP contribution is -2.49. The highest BCUT2D eigenvalue weighted by atomic mass is 16.3. The van der Waals surface area contributed by atoms with Crippen LogP contribution in [0.25, 0.3) is 0 Å². The van der Waals surface area contributed by atoms with Crippen LogP contribution in [-0.4, -0.2) is 50.6 Å². The molecule has 0 bridgehead atoms. The first-order valence-corrected chi connectivity index (χ1v) is 6.50. The Balaban J connectivity index is 3.18. The third-order valence-electron chi connectivity index (χ3n) is 3.09. The highest BCUT2D eigenvalue weighted by Gasteiger charge is 2.29. The van der Waals surface area contributed by atoms with Gasteiger partial charge in [-0.1, -0.05) is 6.92 Å². The number of nitrogen functional groups attached to an aromatic ring is 1. The summed E-state index contributed by atoms with van der Waals surface area (Å²) in [6.07, 6.45) is 1.55. The van der Waals surface area contributed by atoms with Crippen LogP contribution < -0.4 is 16.6 Å². The zero-order valence-corrected chi connectivity index (χ0v) is 11.8. The summed E-state index contributed by atoms with van der Waals surface area (Å²) < 4.78 is 0. The minimum absolute atomic E-state index is 0.425. The van der Waals surface area contributed by atoms with Crippen LogP contribution in [-0.2, 0) is 6.42 Å². The first kappa shape index (κ1) is 16.6. The Labute approximate surface area is 118 Å². The molecule has 0 aromatic carbocycles. The molecule has 7 N–H and O–H groups in total. The van der Waals surface area contributed by atoms with Crippen LogP contribution in [0.2, 0.25) is 0 Å². The molecule has 0 aliphatic heterocycles. The molecule has 0 aliphatic carbocycles. The van der Waals surface area contributed by atoms with Gasteiger partial charge in [0.2, 0.25) is 0 Å². The number of nitrogens with zero attached hydrogens (tertiary/aromatic N) is 2. The fourth-order valence-corrected chi connectivity index (χ4v) is 1.68. The topological polar surface area (TPSA) is 137 Å². The third-order valence-corrected chi connectivity index (χ3v) is 3.09. The fraction of sp³-hybridized carbons (Fsp3) is 0.667. The molecule has 0 spiro atoms. The molecule has 1 aromatic heterocycles. The van der Waals surface area contributed by atoms with Crippen molar-refractivity contribution in [2.45, 2.75) is 32.2 Å².